The first-order valence-corrected chi connectivity index (χ1v) is 6.79. The fraction of sp³-hybridized carbons (Fsp3) is 0.235. The van der Waals surface area contributed by atoms with E-state index in [2.05, 4.69) is 0 Å². The SMILES string of the molecule is Cc1ccc(OCC(=O)N(C)c2ccc(N)cc2)c(C)c1. The average molecular weight is 284 g/mol. The number of hydrogen-bond acceptors (Lipinski definition) is 3. The normalized spacial score (nSPS) is 10.2. The van der Waals surface area contributed by atoms with Crippen LogP contribution in [0.25, 0.3) is 0 Å². The first kappa shape index (κ1) is 14.9. The van der Waals surface area contributed by atoms with Crippen LogP contribution in [0.2, 0.25) is 0 Å². The third kappa shape index (κ3) is 3.75. The third-order valence-corrected chi connectivity index (χ3v) is 3.34. The summed E-state index contributed by atoms with van der Waals surface area (Å²) in [5.74, 6) is 0.624. The fourth-order valence-corrected chi connectivity index (χ4v) is 2.04. The van der Waals surface area contributed by atoms with Gasteiger partial charge in [0.05, 0.1) is 0 Å². The molecule has 2 aromatic rings. The van der Waals surface area contributed by atoms with E-state index in [4.69, 9.17) is 10.5 Å². The number of carbonyl (C=O) groups excluding carboxylic acids is 1. The Morgan fingerprint density at radius 2 is 1.81 bits per heavy atom. The van der Waals surface area contributed by atoms with E-state index in [9.17, 15) is 4.79 Å². The standard InChI is InChI=1S/C17H20N2O2/c1-12-4-9-16(13(2)10-12)21-11-17(20)19(3)15-7-5-14(18)6-8-15/h4-10H,11,18H2,1-3H3. The highest BCUT2D eigenvalue weighted by Gasteiger charge is 2.12. The Bertz CT molecular complexity index is 636. The van der Waals surface area contributed by atoms with Crippen LogP contribution in [-0.2, 0) is 4.79 Å². The van der Waals surface area contributed by atoms with E-state index < -0.39 is 0 Å². The highest BCUT2D eigenvalue weighted by atomic mass is 16.5. The van der Waals surface area contributed by atoms with E-state index in [1.54, 1.807) is 24.1 Å². The van der Waals surface area contributed by atoms with Gasteiger partial charge in [-0.2, -0.15) is 0 Å². The Labute approximate surface area is 125 Å². The van der Waals surface area contributed by atoms with Crippen LogP contribution < -0.4 is 15.4 Å². The molecule has 0 saturated heterocycles. The Balaban J connectivity index is 1.99. The monoisotopic (exact) mass is 284 g/mol. The number of hydrogen-bond donors (Lipinski definition) is 1. The topological polar surface area (TPSA) is 55.6 Å². The quantitative estimate of drug-likeness (QED) is 0.878. The summed E-state index contributed by atoms with van der Waals surface area (Å²) >= 11 is 0. The predicted octanol–water partition coefficient (Wildman–Crippen LogP) is 2.93. The van der Waals surface area contributed by atoms with Crippen molar-refractivity contribution in [1.82, 2.24) is 0 Å². The molecule has 0 aliphatic rings. The third-order valence-electron chi connectivity index (χ3n) is 3.34. The number of likely N-dealkylation sites (N-methyl/N-ethyl adjacent to an activating group) is 1. The van der Waals surface area contributed by atoms with Gasteiger partial charge in [0.1, 0.15) is 5.75 Å². The fourth-order valence-electron chi connectivity index (χ4n) is 2.04. The van der Waals surface area contributed by atoms with Crippen LogP contribution in [0, 0.1) is 13.8 Å². The van der Waals surface area contributed by atoms with Gasteiger partial charge in [0.2, 0.25) is 0 Å². The smallest absolute Gasteiger partial charge is 0.264 e. The van der Waals surface area contributed by atoms with E-state index in [0.717, 1.165) is 17.0 Å². The van der Waals surface area contributed by atoms with Gasteiger partial charge < -0.3 is 15.4 Å². The van der Waals surface area contributed by atoms with Crippen LogP contribution >= 0.6 is 0 Å². The van der Waals surface area contributed by atoms with E-state index in [0.29, 0.717) is 5.69 Å². The van der Waals surface area contributed by atoms with Crippen molar-refractivity contribution in [2.45, 2.75) is 13.8 Å². The first-order chi connectivity index (χ1) is 9.97. The lowest BCUT2D eigenvalue weighted by Gasteiger charge is -2.18. The van der Waals surface area contributed by atoms with Gasteiger partial charge in [0, 0.05) is 18.4 Å². The van der Waals surface area contributed by atoms with Gasteiger partial charge in [0.25, 0.3) is 5.91 Å². The number of rotatable bonds is 4. The van der Waals surface area contributed by atoms with Crippen LogP contribution in [-0.4, -0.2) is 19.6 Å². The van der Waals surface area contributed by atoms with E-state index >= 15 is 0 Å². The zero-order chi connectivity index (χ0) is 15.4. The van der Waals surface area contributed by atoms with Crippen LogP contribution in [0.4, 0.5) is 11.4 Å². The number of amides is 1. The second-order valence-electron chi connectivity index (χ2n) is 5.10. The number of nitrogen functional groups attached to an aromatic ring is 1. The second-order valence-corrected chi connectivity index (χ2v) is 5.10. The lowest BCUT2D eigenvalue weighted by Crippen LogP contribution is -2.31. The summed E-state index contributed by atoms with van der Waals surface area (Å²) in [6.45, 7) is 4.00. The highest BCUT2D eigenvalue weighted by Crippen LogP contribution is 2.19. The van der Waals surface area contributed by atoms with Crippen molar-refractivity contribution >= 4 is 17.3 Å². The molecule has 0 radical (unpaired) electrons. The minimum atomic E-state index is -0.111. The minimum absolute atomic E-state index is 0.00474. The molecule has 2 N–H and O–H groups in total. The minimum Gasteiger partial charge on any atom is -0.483 e. The molecule has 21 heavy (non-hydrogen) atoms. The van der Waals surface area contributed by atoms with Gasteiger partial charge in [-0.1, -0.05) is 17.7 Å². The molecule has 2 rings (SSSR count). The molecule has 0 spiro atoms. The maximum atomic E-state index is 12.1. The number of aryl methyl sites for hydroxylation is 2. The van der Waals surface area contributed by atoms with Crippen LogP contribution in [0.5, 0.6) is 5.75 Å². The van der Waals surface area contributed by atoms with Crippen molar-refractivity contribution in [3.05, 3.63) is 53.6 Å². The maximum Gasteiger partial charge on any atom is 0.264 e. The Hall–Kier alpha value is -2.49. The maximum absolute atomic E-state index is 12.1. The van der Waals surface area contributed by atoms with Crippen molar-refractivity contribution in [1.29, 1.82) is 0 Å². The number of carbonyl (C=O) groups is 1. The van der Waals surface area contributed by atoms with Crippen molar-refractivity contribution < 1.29 is 9.53 Å². The Morgan fingerprint density at radius 1 is 1.14 bits per heavy atom. The molecule has 0 bridgehead atoms. The number of nitrogens with two attached hydrogens (primary N) is 1. The lowest BCUT2D eigenvalue weighted by atomic mass is 10.1. The van der Waals surface area contributed by atoms with Gasteiger partial charge in [-0.3, -0.25) is 4.79 Å². The number of nitrogens with zero attached hydrogens (tertiary/aromatic N) is 1. The van der Waals surface area contributed by atoms with Gasteiger partial charge in [0.15, 0.2) is 6.61 Å². The predicted molar refractivity (Wildman–Crippen MR) is 85.7 cm³/mol. The molecule has 0 saturated carbocycles. The van der Waals surface area contributed by atoms with Crippen molar-refractivity contribution in [2.24, 2.45) is 0 Å². The Morgan fingerprint density at radius 3 is 2.43 bits per heavy atom. The van der Waals surface area contributed by atoms with Gasteiger partial charge in [-0.25, -0.2) is 0 Å². The molecule has 0 unspecified atom stereocenters. The second kappa shape index (κ2) is 6.31. The molecule has 0 fully saturated rings. The lowest BCUT2D eigenvalue weighted by molar-refractivity contribution is -0.120. The summed E-state index contributed by atoms with van der Waals surface area (Å²) in [4.78, 5) is 13.7. The molecule has 0 aliphatic carbocycles. The molecule has 110 valence electrons. The summed E-state index contributed by atoms with van der Waals surface area (Å²) in [5, 5.41) is 0. The molecule has 1 amide bonds. The summed E-state index contributed by atoms with van der Waals surface area (Å²) in [6.07, 6.45) is 0. The molecule has 0 aromatic heterocycles. The van der Waals surface area contributed by atoms with Crippen molar-refractivity contribution in [3.8, 4) is 5.75 Å². The summed E-state index contributed by atoms with van der Waals surface area (Å²) in [6, 6.07) is 13.0. The summed E-state index contributed by atoms with van der Waals surface area (Å²) < 4.78 is 5.60. The van der Waals surface area contributed by atoms with Gasteiger partial charge in [-0.15, -0.1) is 0 Å². The largest absolute Gasteiger partial charge is 0.483 e. The van der Waals surface area contributed by atoms with Gasteiger partial charge in [-0.05, 0) is 49.7 Å². The van der Waals surface area contributed by atoms with E-state index in [1.807, 2.05) is 44.2 Å². The molecule has 4 nitrogen and oxygen atoms in total. The number of ether oxygens (including phenoxy) is 1. The first-order valence-electron chi connectivity index (χ1n) is 6.79. The molecular weight excluding hydrogens is 264 g/mol. The van der Waals surface area contributed by atoms with E-state index in [1.165, 1.54) is 5.56 Å². The van der Waals surface area contributed by atoms with Crippen LogP contribution in [0.15, 0.2) is 42.5 Å². The number of benzene rings is 2. The molecule has 4 heteroatoms. The highest BCUT2D eigenvalue weighted by molar-refractivity contribution is 5.94. The summed E-state index contributed by atoms with van der Waals surface area (Å²) in [7, 11) is 1.72. The van der Waals surface area contributed by atoms with E-state index in [-0.39, 0.29) is 12.5 Å². The average Bonchev–Trinajstić information content (AvgIpc) is 2.46. The molecule has 0 aliphatic heterocycles. The number of anilines is 2. The zero-order valence-electron chi connectivity index (χ0n) is 12.6. The molecular formula is C17H20N2O2. The Kier molecular flexibility index (Phi) is 4.48. The van der Waals surface area contributed by atoms with Gasteiger partial charge >= 0.3 is 0 Å². The molecule has 2 aromatic carbocycles. The molecule has 0 heterocycles. The van der Waals surface area contributed by atoms with Crippen LogP contribution in [0.1, 0.15) is 11.1 Å². The molecule has 0 atom stereocenters. The van der Waals surface area contributed by atoms with Crippen molar-refractivity contribution in [2.75, 3.05) is 24.3 Å². The summed E-state index contributed by atoms with van der Waals surface area (Å²) in [5.41, 5.74) is 9.30. The zero-order valence-corrected chi connectivity index (χ0v) is 12.6. The van der Waals surface area contributed by atoms with Crippen molar-refractivity contribution in [3.63, 3.8) is 0 Å². The van der Waals surface area contributed by atoms with Crippen LogP contribution in [0.3, 0.4) is 0 Å².